The molecule has 5 heteroatoms. The topological polar surface area (TPSA) is 35.5 Å². The molecule has 0 fully saturated rings. The van der Waals surface area contributed by atoms with Crippen molar-refractivity contribution in [3.05, 3.63) is 12.8 Å². The molecule has 0 radical (unpaired) electrons. The highest BCUT2D eigenvalue weighted by atomic mass is 31.1. The zero-order valence-corrected chi connectivity index (χ0v) is 4.23. The van der Waals surface area contributed by atoms with Crippen molar-refractivity contribution in [2.75, 3.05) is 0 Å². The molecule has 0 N–H and O–H groups in total. The molecule has 0 aromatic carbocycles. The van der Waals surface area contributed by atoms with Gasteiger partial charge in [-0.05, 0) is 0 Å². The SMILES string of the molecule is C=CO[P+](=O)OF. The van der Waals surface area contributed by atoms with E-state index in [-0.39, 0.29) is 0 Å². The summed E-state index contributed by atoms with van der Waals surface area (Å²) in [5.74, 6) is 0. The molecular weight excluding hydrogens is 122 g/mol. The third-order valence-electron chi connectivity index (χ3n) is 0.217. The summed E-state index contributed by atoms with van der Waals surface area (Å²) in [5.41, 5.74) is 0. The summed E-state index contributed by atoms with van der Waals surface area (Å²) in [6.07, 6.45) is 0.832. The van der Waals surface area contributed by atoms with Crippen molar-refractivity contribution in [1.82, 2.24) is 0 Å². The highest BCUT2D eigenvalue weighted by Gasteiger charge is 2.18. The summed E-state index contributed by atoms with van der Waals surface area (Å²) in [7, 11) is -2.61. The lowest BCUT2D eigenvalue weighted by molar-refractivity contribution is -0.0102. The predicted octanol–water partition coefficient (Wildman–Crippen LogP) is 1.70. The average molecular weight is 125 g/mol. The molecule has 0 amide bonds. The maximum atomic E-state index is 10.6. The summed E-state index contributed by atoms with van der Waals surface area (Å²) in [6.45, 7) is 3.00. The van der Waals surface area contributed by atoms with Gasteiger partial charge in [-0.3, -0.25) is 0 Å². The summed E-state index contributed by atoms with van der Waals surface area (Å²) in [5, 5.41) is 0. The second kappa shape index (κ2) is 3.71. The largest absolute Gasteiger partial charge is 0.785 e. The first-order valence-corrected chi connectivity index (χ1v) is 2.44. The molecule has 0 aliphatic heterocycles. The lowest BCUT2D eigenvalue weighted by Gasteiger charge is -1.67. The van der Waals surface area contributed by atoms with E-state index in [0.717, 1.165) is 6.26 Å². The van der Waals surface area contributed by atoms with Gasteiger partial charge in [0.15, 0.2) is 0 Å². The monoisotopic (exact) mass is 125 g/mol. The molecule has 7 heavy (non-hydrogen) atoms. The van der Waals surface area contributed by atoms with Crippen LogP contribution in [0.5, 0.6) is 0 Å². The van der Waals surface area contributed by atoms with E-state index >= 15 is 0 Å². The van der Waals surface area contributed by atoms with Gasteiger partial charge in [0, 0.05) is 9.09 Å². The maximum absolute atomic E-state index is 10.6. The Bertz CT molecular complexity index is 83.0. The number of rotatable bonds is 3. The van der Waals surface area contributed by atoms with Gasteiger partial charge >= 0.3 is 8.25 Å². The fourth-order valence-electron chi connectivity index (χ4n) is 0.0771. The number of hydrogen-bond acceptors (Lipinski definition) is 3. The Balaban J connectivity index is 3.17. The van der Waals surface area contributed by atoms with Crippen molar-refractivity contribution in [2.45, 2.75) is 0 Å². The van der Waals surface area contributed by atoms with Crippen LogP contribution in [0.25, 0.3) is 0 Å². The van der Waals surface area contributed by atoms with Crippen LogP contribution in [0.1, 0.15) is 0 Å². The molecule has 0 bridgehead atoms. The zero-order chi connectivity index (χ0) is 5.70. The molecular formula is C2H3FO3P+. The second-order valence-corrected chi connectivity index (χ2v) is 1.36. The molecule has 0 aromatic heterocycles. The fourth-order valence-corrected chi connectivity index (χ4v) is 0.231. The van der Waals surface area contributed by atoms with Crippen LogP contribution in [0.2, 0.25) is 0 Å². The van der Waals surface area contributed by atoms with Crippen LogP contribution in [0.3, 0.4) is 0 Å². The van der Waals surface area contributed by atoms with Gasteiger partial charge in [0.2, 0.25) is 0 Å². The molecule has 1 atom stereocenters. The number of halogens is 1. The third kappa shape index (κ3) is 3.36. The highest BCUT2D eigenvalue weighted by molar-refractivity contribution is 7.33. The van der Waals surface area contributed by atoms with Gasteiger partial charge in [-0.2, -0.15) is 0 Å². The Morgan fingerprint density at radius 1 is 1.86 bits per heavy atom. The summed E-state index contributed by atoms with van der Waals surface area (Å²) < 4.78 is 26.9. The van der Waals surface area contributed by atoms with Crippen molar-refractivity contribution in [3.8, 4) is 0 Å². The van der Waals surface area contributed by atoms with Gasteiger partial charge in [-0.25, -0.2) is 4.52 Å². The Hall–Kier alpha value is -0.470. The highest BCUT2D eigenvalue weighted by Crippen LogP contribution is 2.23. The molecule has 0 spiro atoms. The van der Waals surface area contributed by atoms with Crippen molar-refractivity contribution in [2.24, 2.45) is 0 Å². The molecule has 40 valence electrons. The van der Waals surface area contributed by atoms with Crippen molar-refractivity contribution in [1.29, 1.82) is 0 Å². The molecule has 0 heterocycles. The lowest BCUT2D eigenvalue weighted by atomic mass is 11.2. The molecule has 0 aliphatic rings. The Labute approximate surface area is 40.6 Å². The zero-order valence-electron chi connectivity index (χ0n) is 3.33. The predicted molar refractivity (Wildman–Crippen MR) is 21.1 cm³/mol. The Morgan fingerprint density at radius 2 is 2.43 bits per heavy atom. The normalized spacial score (nSPS) is 10.1. The van der Waals surface area contributed by atoms with Crippen LogP contribution in [0, 0.1) is 0 Å². The van der Waals surface area contributed by atoms with E-state index in [1.54, 1.807) is 0 Å². The van der Waals surface area contributed by atoms with Gasteiger partial charge in [-0.1, -0.05) is 6.58 Å². The van der Waals surface area contributed by atoms with Crippen LogP contribution in [0.4, 0.5) is 4.53 Å². The van der Waals surface area contributed by atoms with Gasteiger partial charge < -0.3 is 0 Å². The molecule has 3 nitrogen and oxygen atoms in total. The molecule has 0 saturated heterocycles. The number of hydrogen-bond donors (Lipinski definition) is 0. The summed E-state index contributed by atoms with van der Waals surface area (Å²) >= 11 is 0. The summed E-state index contributed by atoms with van der Waals surface area (Å²) in [4.78, 5) is 0. The molecule has 0 aliphatic carbocycles. The van der Waals surface area contributed by atoms with Crippen LogP contribution >= 0.6 is 8.25 Å². The lowest BCUT2D eigenvalue weighted by Crippen LogP contribution is -1.60. The van der Waals surface area contributed by atoms with Gasteiger partial charge in [0.25, 0.3) is 0 Å². The minimum absolute atomic E-state index is 0.832. The van der Waals surface area contributed by atoms with Crippen LogP contribution < -0.4 is 0 Å². The van der Waals surface area contributed by atoms with Crippen LogP contribution in [0.15, 0.2) is 12.8 Å². The standard InChI is InChI=1S/C2H3FO3P/c1-2-5-7(4)6-3/h2H,1H2/q+1. The smallest absolute Gasteiger partial charge is 0.236 e. The van der Waals surface area contributed by atoms with E-state index in [9.17, 15) is 9.09 Å². The Morgan fingerprint density at radius 3 is 2.57 bits per heavy atom. The first kappa shape index (κ1) is 6.53. The summed E-state index contributed by atoms with van der Waals surface area (Å²) in [6, 6.07) is 0. The van der Waals surface area contributed by atoms with E-state index in [2.05, 4.69) is 15.8 Å². The van der Waals surface area contributed by atoms with Gasteiger partial charge in [0.05, 0.1) is 0 Å². The second-order valence-electron chi connectivity index (χ2n) is 0.565. The van der Waals surface area contributed by atoms with E-state index in [4.69, 9.17) is 0 Å². The van der Waals surface area contributed by atoms with Crippen molar-refractivity contribution < 1.29 is 18.3 Å². The first-order chi connectivity index (χ1) is 3.31. The van der Waals surface area contributed by atoms with E-state index in [1.807, 2.05) is 0 Å². The molecule has 1 unspecified atom stereocenters. The van der Waals surface area contributed by atoms with Crippen molar-refractivity contribution >= 4 is 8.25 Å². The quantitative estimate of drug-likeness (QED) is 0.425. The first-order valence-electron chi connectivity index (χ1n) is 1.35. The fraction of sp³-hybridized carbons (Fsp3) is 0. The van der Waals surface area contributed by atoms with Crippen LogP contribution in [-0.2, 0) is 13.8 Å². The average Bonchev–Trinajstić information content (AvgIpc) is 1.68. The van der Waals surface area contributed by atoms with E-state index in [1.165, 1.54) is 0 Å². The van der Waals surface area contributed by atoms with E-state index in [0.29, 0.717) is 0 Å². The minimum atomic E-state index is -2.61. The molecule has 0 aromatic rings. The van der Waals surface area contributed by atoms with Gasteiger partial charge in [0.1, 0.15) is 11.0 Å². The van der Waals surface area contributed by atoms with Gasteiger partial charge in [-0.15, -0.1) is 0 Å². The minimum Gasteiger partial charge on any atom is -0.236 e. The molecule has 0 saturated carbocycles. The van der Waals surface area contributed by atoms with Crippen LogP contribution in [-0.4, -0.2) is 0 Å². The van der Waals surface area contributed by atoms with E-state index < -0.39 is 8.25 Å². The molecule has 0 rings (SSSR count). The van der Waals surface area contributed by atoms with Crippen molar-refractivity contribution in [3.63, 3.8) is 0 Å². The maximum Gasteiger partial charge on any atom is 0.785 e. The third-order valence-corrected chi connectivity index (χ3v) is 0.651. The Kier molecular flexibility index (Phi) is 3.46.